The molecule has 0 N–H and O–H groups in total. The molecule has 0 aliphatic rings. The normalized spacial score (nSPS) is 10.9. The third-order valence-corrected chi connectivity index (χ3v) is 1.93. The molecular weight excluding hydrogens is 232 g/mol. The fraction of sp³-hybridized carbons (Fsp3) is 0.429. The summed E-state index contributed by atoms with van der Waals surface area (Å²) in [6, 6.07) is 6.51. The molecule has 1 rings (SSSR count). The number of hydrogen-bond acceptors (Lipinski definition) is 4. The molecule has 0 saturated heterocycles. The fourth-order valence-corrected chi connectivity index (χ4v) is 1.21. The molecule has 1 aromatic carbocycles. The summed E-state index contributed by atoms with van der Waals surface area (Å²) in [4.78, 5) is 22.5. The Morgan fingerprint density at radius 2 is 1.67 bits per heavy atom. The van der Waals surface area contributed by atoms with Crippen LogP contribution in [0.2, 0.25) is 0 Å². The standard InChI is InChI=1S/C14H18O4/c1-10(15)9-17-12-7-5-11(6-8-12)13(16)18-14(2,3)4/h5-8H,9H2,1-4H3. The molecule has 0 saturated carbocycles. The van der Waals surface area contributed by atoms with Crippen LogP contribution in [-0.2, 0) is 9.53 Å². The van der Waals surface area contributed by atoms with Crippen LogP contribution in [0.15, 0.2) is 24.3 Å². The van der Waals surface area contributed by atoms with E-state index in [1.807, 2.05) is 20.8 Å². The number of carbonyl (C=O) groups is 2. The Morgan fingerprint density at radius 3 is 2.11 bits per heavy atom. The zero-order valence-electron chi connectivity index (χ0n) is 11.1. The van der Waals surface area contributed by atoms with Crippen molar-refractivity contribution in [3.05, 3.63) is 29.8 Å². The van der Waals surface area contributed by atoms with Crippen molar-refractivity contribution in [3.63, 3.8) is 0 Å². The largest absolute Gasteiger partial charge is 0.486 e. The van der Waals surface area contributed by atoms with E-state index >= 15 is 0 Å². The monoisotopic (exact) mass is 250 g/mol. The molecule has 0 heterocycles. The summed E-state index contributed by atoms with van der Waals surface area (Å²) in [6.07, 6.45) is 0. The molecule has 0 aliphatic carbocycles. The van der Waals surface area contributed by atoms with E-state index in [9.17, 15) is 9.59 Å². The van der Waals surface area contributed by atoms with Gasteiger partial charge in [0.2, 0.25) is 0 Å². The maximum absolute atomic E-state index is 11.7. The Hall–Kier alpha value is -1.84. The number of ether oxygens (including phenoxy) is 2. The van der Waals surface area contributed by atoms with Gasteiger partial charge in [-0.15, -0.1) is 0 Å². The van der Waals surface area contributed by atoms with Crippen molar-refractivity contribution >= 4 is 11.8 Å². The number of ketones is 1. The van der Waals surface area contributed by atoms with Gasteiger partial charge < -0.3 is 9.47 Å². The highest BCUT2D eigenvalue weighted by atomic mass is 16.6. The maximum Gasteiger partial charge on any atom is 0.338 e. The van der Waals surface area contributed by atoms with Crippen LogP contribution in [0.25, 0.3) is 0 Å². The van der Waals surface area contributed by atoms with Crippen LogP contribution >= 0.6 is 0 Å². The van der Waals surface area contributed by atoms with Gasteiger partial charge in [0.05, 0.1) is 5.56 Å². The van der Waals surface area contributed by atoms with Crippen LogP contribution in [0.3, 0.4) is 0 Å². The molecule has 0 aromatic heterocycles. The van der Waals surface area contributed by atoms with Crippen molar-refractivity contribution in [2.24, 2.45) is 0 Å². The lowest BCUT2D eigenvalue weighted by Crippen LogP contribution is -2.23. The van der Waals surface area contributed by atoms with Gasteiger partial charge >= 0.3 is 5.97 Å². The van der Waals surface area contributed by atoms with Crippen LogP contribution in [0.4, 0.5) is 0 Å². The number of esters is 1. The smallest absolute Gasteiger partial charge is 0.338 e. The van der Waals surface area contributed by atoms with Gasteiger partial charge in [0.1, 0.15) is 18.0 Å². The average molecular weight is 250 g/mol. The first-order chi connectivity index (χ1) is 8.28. The van der Waals surface area contributed by atoms with Crippen LogP contribution in [-0.4, -0.2) is 24.0 Å². The van der Waals surface area contributed by atoms with Crippen LogP contribution < -0.4 is 4.74 Å². The third kappa shape index (κ3) is 4.99. The molecule has 0 amide bonds. The first-order valence-electron chi connectivity index (χ1n) is 5.73. The van der Waals surface area contributed by atoms with Crippen molar-refractivity contribution in [1.29, 1.82) is 0 Å². The number of hydrogen-bond donors (Lipinski definition) is 0. The minimum atomic E-state index is -0.513. The van der Waals surface area contributed by atoms with Crippen LogP contribution in [0, 0.1) is 0 Å². The number of Topliss-reactive ketones (excluding diaryl/α,β-unsaturated/α-hetero) is 1. The summed E-state index contributed by atoms with van der Waals surface area (Å²) in [5, 5.41) is 0. The second-order valence-electron chi connectivity index (χ2n) is 5.02. The van der Waals surface area contributed by atoms with Crippen molar-refractivity contribution < 1.29 is 19.1 Å². The number of rotatable bonds is 4. The highest BCUT2D eigenvalue weighted by Gasteiger charge is 2.17. The summed E-state index contributed by atoms with van der Waals surface area (Å²) in [7, 11) is 0. The minimum absolute atomic E-state index is 0.0335. The highest BCUT2D eigenvalue weighted by molar-refractivity contribution is 5.89. The molecule has 0 atom stereocenters. The molecule has 0 aliphatic heterocycles. The maximum atomic E-state index is 11.7. The third-order valence-electron chi connectivity index (χ3n) is 1.93. The van der Waals surface area contributed by atoms with Gasteiger partial charge in [-0.2, -0.15) is 0 Å². The summed E-state index contributed by atoms with van der Waals surface area (Å²) in [5.74, 6) is 0.129. The van der Waals surface area contributed by atoms with E-state index in [0.717, 1.165) is 0 Å². The van der Waals surface area contributed by atoms with Gasteiger partial charge in [0.15, 0.2) is 5.78 Å². The Morgan fingerprint density at radius 1 is 1.11 bits per heavy atom. The predicted octanol–water partition coefficient (Wildman–Crippen LogP) is 2.61. The minimum Gasteiger partial charge on any atom is -0.486 e. The molecule has 0 bridgehead atoms. The first kappa shape index (κ1) is 14.2. The van der Waals surface area contributed by atoms with Gasteiger partial charge in [0.25, 0.3) is 0 Å². The van der Waals surface area contributed by atoms with E-state index in [-0.39, 0.29) is 18.4 Å². The van der Waals surface area contributed by atoms with Gasteiger partial charge in [-0.1, -0.05) is 0 Å². The molecule has 0 unspecified atom stereocenters. The Balaban J connectivity index is 2.65. The molecule has 18 heavy (non-hydrogen) atoms. The Kier molecular flexibility index (Phi) is 4.48. The summed E-state index contributed by atoms with van der Waals surface area (Å²) >= 11 is 0. The SMILES string of the molecule is CC(=O)COc1ccc(C(=O)OC(C)(C)C)cc1. The van der Waals surface area contributed by atoms with Crippen LogP contribution in [0.1, 0.15) is 38.1 Å². The molecule has 1 aromatic rings. The van der Waals surface area contributed by atoms with Crippen molar-refractivity contribution in [1.82, 2.24) is 0 Å². The van der Waals surface area contributed by atoms with Gasteiger partial charge in [-0.25, -0.2) is 4.79 Å². The fourth-order valence-electron chi connectivity index (χ4n) is 1.21. The molecule has 4 nitrogen and oxygen atoms in total. The zero-order chi connectivity index (χ0) is 13.8. The second-order valence-corrected chi connectivity index (χ2v) is 5.02. The quantitative estimate of drug-likeness (QED) is 0.771. The predicted molar refractivity (Wildman–Crippen MR) is 67.8 cm³/mol. The summed E-state index contributed by atoms with van der Waals surface area (Å²) in [6.45, 7) is 6.93. The molecule has 0 fully saturated rings. The van der Waals surface area contributed by atoms with Crippen LogP contribution in [0.5, 0.6) is 5.75 Å². The van der Waals surface area contributed by atoms with Crippen molar-refractivity contribution in [2.75, 3.05) is 6.61 Å². The number of benzene rings is 1. The molecule has 4 heteroatoms. The molecule has 0 spiro atoms. The highest BCUT2D eigenvalue weighted by Crippen LogP contribution is 2.16. The lowest BCUT2D eigenvalue weighted by atomic mass is 10.1. The Bertz CT molecular complexity index is 426. The molecule has 0 radical (unpaired) electrons. The van der Waals surface area contributed by atoms with E-state index < -0.39 is 5.60 Å². The zero-order valence-corrected chi connectivity index (χ0v) is 11.1. The summed E-state index contributed by atoms with van der Waals surface area (Å²) < 4.78 is 10.4. The average Bonchev–Trinajstić information content (AvgIpc) is 2.24. The lowest BCUT2D eigenvalue weighted by molar-refractivity contribution is -0.118. The molecule has 98 valence electrons. The van der Waals surface area contributed by atoms with Crippen molar-refractivity contribution in [3.8, 4) is 5.75 Å². The second kappa shape index (κ2) is 5.67. The van der Waals surface area contributed by atoms with Gasteiger partial charge in [0, 0.05) is 0 Å². The lowest BCUT2D eigenvalue weighted by Gasteiger charge is -2.19. The van der Waals surface area contributed by atoms with E-state index in [1.165, 1.54) is 6.92 Å². The first-order valence-corrected chi connectivity index (χ1v) is 5.73. The summed E-state index contributed by atoms with van der Waals surface area (Å²) in [5.41, 5.74) is -0.0546. The van der Waals surface area contributed by atoms with E-state index in [4.69, 9.17) is 9.47 Å². The van der Waals surface area contributed by atoms with E-state index in [2.05, 4.69) is 0 Å². The topological polar surface area (TPSA) is 52.6 Å². The Labute approximate surface area is 107 Å². The van der Waals surface area contributed by atoms with E-state index in [1.54, 1.807) is 24.3 Å². The van der Waals surface area contributed by atoms with Crippen molar-refractivity contribution in [2.45, 2.75) is 33.3 Å². The van der Waals surface area contributed by atoms with E-state index in [0.29, 0.717) is 11.3 Å². The van der Waals surface area contributed by atoms with Gasteiger partial charge in [-0.3, -0.25) is 4.79 Å². The number of carbonyl (C=O) groups excluding carboxylic acids is 2. The van der Waals surface area contributed by atoms with Gasteiger partial charge in [-0.05, 0) is 52.0 Å². The molecular formula is C14H18O4.